The quantitative estimate of drug-likeness (QED) is 0.491. The van der Waals surface area contributed by atoms with E-state index >= 15 is 0 Å². The number of nitrogens with zero attached hydrogens (tertiary/aromatic N) is 2. The second-order valence-electron chi connectivity index (χ2n) is 2.41. The van der Waals surface area contributed by atoms with Crippen LogP contribution in [-0.2, 0) is 6.54 Å². The Hall–Kier alpha value is -1.85. The largest absolute Gasteiger partial charge is 0.368 e. The summed E-state index contributed by atoms with van der Waals surface area (Å²) in [7, 11) is 0. The topological polar surface area (TPSA) is 92.9 Å². The summed E-state index contributed by atoms with van der Waals surface area (Å²) in [5, 5.41) is 5.11. The highest BCUT2D eigenvalue weighted by Crippen LogP contribution is 2.14. The first-order valence-corrected chi connectivity index (χ1v) is 3.42. The first-order valence-electron chi connectivity index (χ1n) is 3.42. The number of hydrogen-bond donors (Lipinski definition) is 3. The van der Waals surface area contributed by atoms with Crippen LogP contribution in [0.1, 0.15) is 5.56 Å². The van der Waals surface area contributed by atoms with E-state index in [4.69, 9.17) is 5.73 Å². The number of anilines is 2. The number of carbonyl (C=O) groups is 1. The number of urea groups is 1. The monoisotopic (exact) mass is 165 g/mol. The van der Waals surface area contributed by atoms with Gasteiger partial charge in [-0.1, -0.05) is 0 Å². The summed E-state index contributed by atoms with van der Waals surface area (Å²) in [4.78, 5) is 18.5. The van der Waals surface area contributed by atoms with Crippen LogP contribution in [0.25, 0.3) is 0 Å². The van der Waals surface area contributed by atoms with E-state index < -0.39 is 0 Å². The van der Waals surface area contributed by atoms with Crippen molar-refractivity contribution in [1.29, 1.82) is 0 Å². The maximum atomic E-state index is 10.8. The number of fused-ring (bicyclic) bond motifs is 1. The molecule has 0 bridgehead atoms. The van der Waals surface area contributed by atoms with E-state index in [1.807, 2.05) is 0 Å². The van der Waals surface area contributed by atoms with Gasteiger partial charge in [-0.3, -0.25) is 5.32 Å². The van der Waals surface area contributed by atoms with Crippen molar-refractivity contribution in [3.05, 3.63) is 11.8 Å². The van der Waals surface area contributed by atoms with Crippen LogP contribution in [0, 0.1) is 0 Å². The molecule has 62 valence electrons. The van der Waals surface area contributed by atoms with Crippen molar-refractivity contribution in [1.82, 2.24) is 15.3 Å². The molecule has 0 saturated carbocycles. The van der Waals surface area contributed by atoms with Crippen LogP contribution < -0.4 is 16.4 Å². The molecular weight excluding hydrogens is 158 g/mol. The van der Waals surface area contributed by atoms with Crippen LogP contribution in [0.3, 0.4) is 0 Å². The molecule has 0 radical (unpaired) electrons. The van der Waals surface area contributed by atoms with E-state index in [1.165, 1.54) is 0 Å². The number of nitrogens with two attached hydrogens (primary N) is 1. The Morgan fingerprint density at radius 2 is 2.42 bits per heavy atom. The van der Waals surface area contributed by atoms with E-state index in [0.29, 0.717) is 12.4 Å². The fourth-order valence-electron chi connectivity index (χ4n) is 0.985. The van der Waals surface area contributed by atoms with Crippen molar-refractivity contribution < 1.29 is 4.79 Å². The average molecular weight is 165 g/mol. The summed E-state index contributed by atoms with van der Waals surface area (Å²) >= 11 is 0. The Morgan fingerprint density at radius 3 is 3.25 bits per heavy atom. The van der Waals surface area contributed by atoms with Gasteiger partial charge in [-0.25, -0.2) is 9.78 Å². The van der Waals surface area contributed by atoms with E-state index in [2.05, 4.69) is 20.6 Å². The fourth-order valence-corrected chi connectivity index (χ4v) is 0.985. The molecule has 0 spiro atoms. The SMILES string of the molecule is Nc1ncc2c(n1)NC(=O)NC2. The summed E-state index contributed by atoms with van der Waals surface area (Å²) in [5.41, 5.74) is 6.17. The van der Waals surface area contributed by atoms with Crippen molar-refractivity contribution in [3.63, 3.8) is 0 Å². The van der Waals surface area contributed by atoms with Gasteiger partial charge in [0.2, 0.25) is 5.95 Å². The summed E-state index contributed by atoms with van der Waals surface area (Å²) in [6, 6.07) is -0.263. The minimum Gasteiger partial charge on any atom is -0.368 e. The third kappa shape index (κ3) is 1.03. The van der Waals surface area contributed by atoms with Gasteiger partial charge in [0.1, 0.15) is 5.82 Å². The number of nitrogens with one attached hydrogen (secondary N) is 2. The van der Waals surface area contributed by atoms with Crippen LogP contribution in [-0.4, -0.2) is 16.0 Å². The minimum atomic E-state index is -0.263. The minimum absolute atomic E-state index is 0.163. The smallest absolute Gasteiger partial charge is 0.320 e. The second kappa shape index (κ2) is 2.33. The molecule has 4 N–H and O–H groups in total. The maximum Gasteiger partial charge on any atom is 0.320 e. The third-order valence-corrected chi connectivity index (χ3v) is 1.55. The molecule has 12 heavy (non-hydrogen) atoms. The lowest BCUT2D eigenvalue weighted by Gasteiger charge is -2.16. The van der Waals surface area contributed by atoms with E-state index in [1.54, 1.807) is 6.20 Å². The highest BCUT2D eigenvalue weighted by Gasteiger charge is 2.14. The zero-order valence-corrected chi connectivity index (χ0v) is 6.16. The van der Waals surface area contributed by atoms with Crippen molar-refractivity contribution >= 4 is 17.8 Å². The molecule has 1 aliphatic heterocycles. The van der Waals surface area contributed by atoms with Gasteiger partial charge in [-0.05, 0) is 0 Å². The zero-order chi connectivity index (χ0) is 8.55. The molecule has 2 rings (SSSR count). The molecule has 2 amide bonds. The van der Waals surface area contributed by atoms with Crippen molar-refractivity contribution in [2.24, 2.45) is 0 Å². The zero-order valence-electron chi connectivity index (χ0n) is 6.16. The van der Waals surface area contributed by atoms with Gasteiger partial charge in [0, 0.05) is 18.3 Å². The van der Waals surface area contributed by atoms with Crippen LogP contribution in [0.15, 0.2) is 6.20 Å². The predicted molar refractivity (Wildman–Crippen MR) is 42.3 cm³/mol. The van der Waals surface area contributed by atoms with E-state index in [-0.39, 0.29) is 12.0 Å². The molecule has 1 aliphatic rings. The first kappa shape index (κ1) is 6.84. The molecule has 0 aromatic carbocycles. The summed E-state index contributed by atoms with van der Waals surface area (Å²) in [6.45, 7) is 0.446. The molecule has 0 aliphatic carbocycles. The number of carbonyl (C=O) groups excluding carboxylic acids is 1. The van der Waals surface area contributed by atoms with E-state index in [9.17, 15) is 4.79 Å². The number of hydrogen-bond acceptors (Lipinski definition) is 4. The lowest BCUT2D eigenvalue weighted by molar-refractivity contribution is 0.250. The van der Waals surface area contributed by atoms with Crippen LogP contribution >= 0.6 is 0 Å². The van der Waals surface area contributed by atoms with Gasteiger partial charge < -0.3 is 11.1 Å². The Labute approximate surface area is 68.2 Å². The normalized spacial score (nSPS) is 14.5. The molecule has 1 aromatic heterocycles. The lowest BCUT2D eigenvalue weighted by Crippen LogP contribution is -2.34. The van der Waals surface area contributed by atoms with Gasteiger partial charge in [-0.15, -0.1) is 0 Å². The van der Waals surface area contributed by atoms with Crippen LogP contribution in [0.2, 0.25) is 0 Å². The standard InChI is InChI=1S/C6H7N5O/c7-5-8-1-3-2-9-6(12)11-4(3)10-5/h1H,2H2,(H4,7,8,9,10,11,12). The van der Waals surface area contributed by atoms with Crippen LogP contribution in [0.5, 0.6) is 0 Å². The molecule has 0 unspecified atom stereocenters. The number of aromatic nitrogens is 2. The Morgan fingerprint density at radius 1 is 1.58 bits per heavy atom. The maximum absolute atomic E-state index is 10.8. The highest BCUT2D eigenvalue weighted by molar-refractivity contribution is 5.90. The second-order valence-corrected chi connectivity index (χ2v) is 2.41. The third-order valence-electron chi connectivity index (χ3n) is 1.55. The molecule has 0 fully saturated rings. The number of nitrogen functional groups attached to an aromatic ring is 1. The van der Waals surface area contributed by atoms with Gasteiger partial charge >= 0.3 is 6.03 Å². The van der Waals surface area contributed by atoms with E-state index in [0.717, 1.165) is 5.56 Å². The highest BCUT2D eigenvalue weighted by atomic mass is 16.2. The number of amides is 2. The van der Waals surface area contributed by atoms with Crippen molar-refractivity contribution in [2.75, 3.05) is 11.1 Å². The first-order chi connectivity index (χ1) is 5.75. The molecule has 6 heteroatoms. The van der Waals surface area contributed by atoms with Crippen molar-refractivity contribution in [3.8, 4) is 0 Å². The fraction of sp³-hybridized carbons (Fsp3) is 0.167. The molecular formula is C6H7N5O. The Balaban J connectivity index is 2.44. The molecule has 2 heterocycles. The summed E-state index contributed by atoms with van der Waals surface area (Å²) in [5.74, 6) is 0.655. The van der Waals surface area contributed by atoms with Gasteiger partial charge in [-0.2, -0.15) is 4.98 Å². The summed E-state index contributed by atoms with van der Waals surface area (Å²) < 4.78 is 0. The van der Waals surface area contributed by atoms with Crippen LogP contribution in [0.4, 0.5) is 16.6 Å². The van der Waals surface area contributed by atoms with Gasteiger partial charge in [0.15, 0.2) is 0 Å². The molecule has 1 aromatic rings. The Kier molecular flexibility index (Phi) is 1.33. The lowest BCUT2D eigenvalue weighted by atomic mass is 10.3. The Bertz CT molecular complexity index is 337. The predicted octanol–water partition coefficient (Wildman–Crippen LogP) is -0.306. The number of rotatable bonds is 0. The summed E-state index contributed by atoms with van der Waals surface area (Å²) in [6.07, 6.45) is 1.59. The van der Waals surface area contributed by atoms with Crippen molar-refractivity contribution in [2.45, 2.75) is 6.54 Å². The van der Waals surface area contributed by atoms with Gasteiger partial charge in [0.05, 0.1) is 0 Å². The molecule has 0 atom stereocenters. The van der Waals surface area contributed by atoms with Gasteiger partial charge in [0.25, 0.3) is 0 Å². The molecule has 0 saturated heterocycles. The average Bonchev–Trinajstić information content (AvgIpc) is 2.03. The molecule has 6 nitrogen and oxygen atoms in total.